The maximum Gasteiger partial charge on any atom is 0.135 e. The number of nitrogens with zero attached hydrogens (tertiary/aromatic N) is 3. The number of hydrogen-bond donors (Lipinski definition) is 0. The molecule has 2 heterocycles. The van der Waals surface area contributed by atoms with Crippen molar-refractivity contribution in [2.24, 2.45) is 0 Å². The molecule has 1 unspecified atom stereocenters. The Hall–Kier alpha value is -0.350. The van der Waals surface area contributed by atoms with Crippen LogP contribution >= 0.6 is 23.2 Å². The SMILES string of the molecule is CN(C)C1CCCN(Cc2ccc(Cl)nc2Cl)C1. The quantitative estimate of drug-likeness (QED) is 0.797. The number of aromatic nitrogens is 1. The van der Waals surface area contributed by atoms with Crippen LogP contribution in [-0.4, -0.2) is 48.0 Å². The van der Waals surface area contributed by atoms with Gasteiger partial charge in [0.05, 0.1) is 0 Å². The molecule has 0 spiro atoms. The van der Waals surface area contributed by atoms with Gasteiger partial charge in [-0.05, 0) is 39.5 Å². The molecule has 1 saturated heterocycles. The molecule has 3 nitrogen and oxygen atoms in total. The first kappa shape index (κ1) is 14.1. The second kappa shape index (κ2) is 6.20. The van der Waals surface area contributed by atoms with Crippen molar-refractivity contribution in [2.45, 2.75) is 25.4 Å². The number of piperidine rings is 1. The predicted molar refractivity (Wildman–Crippen MR) is 76.2 cm³/mol. The van der Waals surface area contributed by atoms with Crippen LogP contribution < -0.4 is 0 Å². The van der Waals surface area contributed by atoms with Crippen LogP contribution in [0.15, 0.2) is 12.1 Å². The molecule has 100 valence electrons. The average Bonchev–Trinajstić information content (AvgIpc) is 2.33. The van der Waals surface area contributed by atoms with E-state index in [0.29, 0.717) is 16.3 Å². The zero-order valence-corrected chi connectivity index (χ0v) is 12.4. The minimum atomic E-state index is 0.452. The lowest BCUT2D eigenvalue weighted by Crippen LogP contribution is -2.44. The molecule has 2 rings (SSSR count). The predicted octanol–water partition coefficient (Wildman–Crippen LogP) is 2.91. The first-order chi connectivity index (χ1) is 8.56. The molecule has 1 aromatic rings. The summed E-state index contributed by atoms with van der Waals surface area (Å²) in [5, 5.41) is 0.975. The van der Waals surface area contributed by atoms with Gasteiger partial charge in [-0.15, -0.1) is 0 Å². The maximum absolute atomic E-state index is 6.12. The normalized spacial score (nSPS) is 21.5. The minimum Gasteiger partial charge on any atom is -0.305 e. The van der Waals surface area contributed by atoms with Crippen LogP contribution in [0.5, 0.6) is 0 Å². The van der Waals surface area contributed by atoms with Gasteiger partial charge in [0.1, 0.15) is 10.3 Å². The summed E-state index contributed by atoms with van der Waals surface area (Å²) in [6.45, 7) is 3.07. The lowest BCUT2D eigenvalue weighted by Gasteiger charge is -2.36. The van der Waals surface area contributed by atoms with Crippen molar-refractivity contribution >= 4 is 23.2 Å². The Bertz CT molecular complexity index is 409. The number of likely N-dealkylation sites (N-methyl/N-ethyl adjacent to an activating group) is 1. The van der Waals surface area contributed by atoms with Crippen molar-refractivity contribution in [3.8, 4) is 0 Å². The van der Waals surface area contributed by atoms with Crippen LogP contribution in [0.1, 0.15) is 18.4 Å². The molecule has 0 amide bonds. The molecule has 1 aliphatic heterocycles. The van der Waals surface area contributed by atoms with Crippen molar-refractivity contribution in [2.75, 3.05) is 27.2 Å². The summed E-state index contributed by atoms with van der Waals surface area (Å²) >= 11 is 11.9. The molecule has 0 bridgehead atoms. The molecule has 1 atom stereocenters. The Balaban J connectivity index is 2.00. The number of rotatable bonds is 3. The Morgan fingerprint density at radius 2 is 2.17 bits per heavy atom. The highest BCUT2D eigenvalue weighted by Gasteiger charge is 2.21. The van der Waals surface area contributed by atoms with Gasteiger partial charge in [0, 0.05) is 24.7 Å². The van der Waals surface area contributed by atoms with E-state index in [4.69, 9.17) is 23.2 Å². The summed E-state index contributed by atoms with van der Waals surface area (Å²) in [5.41, 5.74) is 1.06. The second-order valence-electron chi connectivity index (χ2n) is 5.08. The van der Waals surface area contributed by atoms with E-state index in [1.165, 1.54) is 12.8 Å². The van der Waals surface area contributed by atoms with E-state index >= 15 is 0 Å². The summed E-state index contributed by atoms with van der Waals surface area (Å²) in [6, 6.07) is 4.41. The Kier molecular flexibility index (Phi) is 4.84. The fourth-order valence-electron chi connectivity index (χ4n) is 2.40. The fraction of sp³-hybridized carbons (Fsp3) is 0.615. The molecule has 0 saturated carbocycles. The molecular weight excluding hydrogens is 269 g/mol. The van der Waals surface area contributed by atoms with Crippen LogP contribution in [-0.2, 0) is 6.54 Å². The standard InChI is InChI=1S/C13H19Cl2N3/c1-17(2)11-4-3-7-18(9-11)8-10-5-6-12(14)16-13(10)15/h5-6,11H,3-4,7-9H2,1-2H3. The number of pyridine rings is 1. The van der Waals surface area contributed by atoms with Crippen LogP contribution in [0.4, 0.5) is 0 Å². The van der Waals surface area contributed by atoms with E-state index in [0.717, 1.165) is 25.2 Å². The number of hydrogen-bond acceptors (Lipinski definition) is 3. The largest absolute Gasteiger partial charge is 0.305 e. The van der Waals surface area contributed by atoms with E-state index in [9.17, 15) is 0 Å². The molecular formula is C13H19Cl2N3. The Labute approximate surface area is 119 Å². The van der Waals surface area contributed by atoms with Gasteiger partial charge in [0.2, 0.25) is 0 Å². The van der Waals surface area contributed by atoms with Gasteiger partial charge >= 0.3 is 0 Å². The average molecular weight is 288 g/mol. The molecule has 5 heteroatoms. The maximum atomic E-state index is 6.12. The van der Waals surface area contributed by atoms with Crippen LogP contribution in [0, 0.1) is 0 Å². The van der Waals surface area contributed by atoms with Crippen molar-refractivity contribution in [1.29, 1.82) is 0 Å². The van der Waals surface area contributed by atoms with Crippen molar-refractivity contribution in [3.05, 3.63) is 28.0 Å². The lowest BCUT2D eigenvalue weighted by atomic mass is 10.0. The Morgan fingerprint density at radius 1 is 1.39 bits per heavy atom. The molecule has 1 fully saturated rings. The van der Waals surface area contributed by atoms with Crippen molar-refractivity contribution in [1.82, 2.24) is 14.8 Å². The summed E-state index contributed by atoms with van der Waals surface area (Å²) < 4.78 is 0. The third kappa shape index (κ3) is 3.58. The van der Waals surface area contributed by atoms with Crippen LogP contribution in [0.25, 0.3) is 0 Å². The molecule has 0 radical (unpaired) electrons. The third-order valence-electron chi connectivity index (χ3n) is 3.50. The highest BCUT2D eigenvalue weighted by molar-refractivity contribution is 6.32. The van der Waals surface area contributed by atoms with Crippen LogP contribution in [0.3, 0.4) is 0 Å². The van der Waals surface area contributed by atoms with Crippen molar-refractivity contribution in [3.63, 3.8) is 0 Å². The summed E-state index contributed by atoms with van der Waals surface area (Å²) in [4.78, 5) is 8.82. The van der Waals surface area contributed by atoms with Crippen molar-refractivity contribution < 1.29 is 0 Å². The first-order valence-corrected chi connectivity index (χ1v) is 7.01. The fourth-order valence-corrected chi connectivity index (χ4v) is 2.80. The molecule has 1 aliphatic rings. The number of likely N-dealkylation sites (tertiary alicyclic amines) is 1. The molecule has 0 aromatic carbocycles. The van der Waals surface area contributed by atoms with Gasteiger partial charge < -0.3 is 4.90 Å². The highest BCUT2D eigenvalue weighted by atomic mass is 35.5. The molecule has 0 aliphatic carbocycles. The van der Waals surface area contributed by atoms with Gasteiger partial charge in [0.25, 0.3) is 0 Å². The second-order valence-corrected chi connectivity index (χ2v) is 5.82. The zero-order valence-electron chi connectivity index (χ0n) is 10.9. The van der Waals surface area contributed by atoms with Gasteiger partial charge in [-0.2, -0.15) is 0 Å². The summed E-state index contributed by atoms with van der Waals surface area (Å²) in [7, 11) is 4.29. The smallest absolute Gasteiger partial charge is 0.135 e. The summed E-state index contributed by atoms with van der Waals surface area (Å²) in [5.74, 6) is 0. The van der Waals surface area contributed by atoms with Crippen LogP contribution in [0.2, 0.25) is 10.3 Å². The summed E-state index contributed by atoms with van der Waals surface area (Å²) in [6.07, 6.45) is 2.51. The number of halogens is 2. The van der Waals surface area contributed by atoms with E-state index in [2.05, 4.69) is 28.9 Å². The molecule has 0 N–H and O–H groups in total. The van der Waals surface area contributed by atoms with E-state index in [1.807, 2.05) is 6.07 Å². The first-order valence-electron chi connectivity index (χ1n) is 6.26. The Morgan fingerprint density at radius 3 is 2.83 bits per heavy atom. The van der Waals surface area contributed by atoms with Gasteiger partial charge in [-0.25, -0.2) is 4.98 Å². The third-order valence-corrected chi connectivity index (χ3v) is 4.03. The van der Waals surface area contributed by atoms with Gasteiger partial charge in [-0.3, -0.25) is 4.90 Å². The zero-order chi connectivity index (χ0) is 13.1. The topological polar surface area (TPSA) is 19.4 Å². The van der Waals surface area contributed by atoms with E-state index in [1.54, 1.807) is 6.07 Å². The van der Waals surface area contributed by atoms with Gasteiger partial charge in [-0.1, -0.05) is 29.3 Å². The minimum absolute atomic E-state index is 0.452. The monoisotopic (exact) mass is 287 g/mol. The molecule has 1 aromatic heterocycles. The van der Waals surface area contributed by atoms with E-state index < -0.39 is 0 Å². The van der Waals surface area contributed by atoms with E-state index in [-0.39, 0.29) is 0 Å². The lowest BCUT2D eigenvalue weighted by molar-refractivity contribution is 0.128. The molecule has 18 heavy (non-hydrogen) atoms. The highest BCUT2D eigenvalue weighted by Crippen LogP contribution is 2.21. The van der Waals surface area contributed by atoms with Gasteiger partial charge in [0.15, 0.2) is 0 Å².